The molecule has 0 radical (unpaired) electrons. The Hall–Kier alpha value is -0.570. The molecule has 0 aromatic rings. The molecule has 0 spiro atoms. The standard InChI is InChI=1S/C23H34O2S/c1-4-15-12-20-18-7-6-16-13-17(24)8-11-23(16,14-26-5-2)19(18)9-10-22(20,3)21(15)25/h13,15,18-20H,4-12,14H2,1-3H3/t15-,18+,19-,20-,22-,23+/m0/s1. The van der Waals surface area contributed by atoms with E-state index in [1.165, 1.54) is 24.2 Å². The van der Waals surface area contributed by atoms with Gasteiger partial charge in [-0.05, 0) is 74.5 Å². The molecule has 0 bridgehead atoms. The van der Waals surface area contributed by atoms with Gasteiger partial charge in [-0.1, -0.05) is 26.3 Å². The van der Waals surface area contributed by atoms with Crippen LogP contribution in [-0.2, 0) is 9.59 Å². The molecule has 3 fully saturated rings. The van der Waals surface area contributed by atoms with Crippen molar-refractivity contribution in [1.29, 1.82) is 0 Å². The van der Waals surface area contributed by atoms with Crippen LogP contribution in [0.5, 0.6) is 0 Å². The van der Waals surface area contributed by atoms with Crippen LogP contribution in [0.15, 0.2) is 11.6 Å². The molecule has 0 heterocycles. The second kappa shape index (κ2) is 6.79. The lowest BCUT2D eigenvalue weighted by Crippen LogP contribution is -2.52. The van der Waals surface area contributed by atoms with E-state index in [1.807, 2.05) is 6.08 Å². The van der Waals surface area contributed by atoms with Crippen molar-refractivity contribution < 1.29 is 9.59 Å². The van der Waals surface area contributed by atoms with Crippen molar-refractivity contribution in [2.45, 2.75) is 72.1 Å². The van der Waals surface area contributed by atoms with E-state index in [-0.39, 0.29) is 10.8 Å². The number of allylic oxidation sites excluding steroid dienone is 1. The second-order valence-electron chi connectivity index (χ2n) is 9.51. The van der Waals surface area contributed by atoms with E-state index in [0.29, 0.717) is 35.2 Å². The summed E-state index contributed by atoms with van der Waals surface area (Å²) in [7, 11) is 0. The lowest BCUT2D eigenvalue weighted by molar-refractivity contribution is -0.134. The van der Waals surface area contributed by atoms with Crippen LogP contribution in [0.25, 0.3) is 0 Å². The van der Waals surface area contributed by atoms with Crippen molar-refractivity contribution in [2.24, 2.45) is 34.5 Å². The van der Waals surface area contributed by atoms with Crippen LogP contribution in [0.4, 0.5) is 0 Å². The Morgan fingerprint density at radius 1 is 1.12 bits per heavy atom. The summed E-state index contributed by atoms with van der Waals surface area (Å²) >= 11 is 2.06. The van der Waals surface area contributed by atoms with Crippen LogP contribution in [-0.4, -0.2) is 23.1 Å². The highest BCUT2D eigenvalue weighted by molar-refractivity contribution is 7.99. The van der Waals surface area contributed by atoms with Crippen molar-refractivity contribution in [3.05, 3.63) is 11.6 Å². The zero-order valence-corrected chi connectivity index (χ0v) is 17.5. The van der Waals surface area contributed by atoms with E-state index >= 15 is 0 Å². The van der Waals surface area contributed by atoms with Crippen LogP contribution < -0.4 is 0 Å². The minimum absolute atomic E-state index is 0.0629. The third-order valence-electron chi connectivity index (χ3n) is 8.60. The highest BCUT2D eigenvalue weighted by Gasteiger charge is 2.61. The fourth-order valence-corrected chi connectivity index (χ4v) is 8.32. The summed E-state index contributed by atoms with van der Waals surface area (Å²) < 4.78 is 0. The normalized spacial score (nSPS) is 45.0. The minimum Gasteiger partial charge on any atom is -0.299 e. The number of rotatable bonds is 4. The van der Waals surface area contributed by atoms with Gasteiger partial charge in [0.15, 0.2) is 5.78 Å². The van der Waals surface area contributed by atoms with Gasteiger partial charge in [-0.2, -0.15) is 11.8 Å². The van der Waals surface area contributed by atoms with Crippen LogP contribution in [0, 0.1) is 34.5 Å². The molecule has 0 amide bonds. The Labute approximate surface area is 163 Å². The molecule has 0 unspecified atom stereocenters. The van der Waals surface area contributed by atoms with Gasteiger partial charge in [0.2, 0.25) is 0 Å². The van der Waals surface area contributed by atoms with E-state index in [2.05, 4.69) is 32.5 Å². The average molecular weight is 375 g/mol. The third-order valence-corrected chi connectivity index (χ3v) is 9.73. The molecule has 0 saturated heterocycles. The molecule has 2 nitrogen and oxygen atoms in total. The molecular weight excluding hydrogens is 340 g/mol. The Morgan fingerprint density at radius 2 is 1.92 bits per heavy atom. The highest BCUT2D eigenvalue weighted by atomic mass is 32.2. The second-order valence-corrected chi connectivity index (χ2v) is 10.8. The molecule has 4 aliphatic carbocycles. The first-order valence-corrected chi connectivity index (χ1v) is 12.0. The number of fused-ring (bicyclic) bond motifs is 5. The minimum atomic E-state index is -0.0629. The molecule has 144 valence electrons. The number of Topliss-reactive ketones (excluding diaryl/α,β-unsaturated/α-hetero) is 1. The van der Waals surface area contributed by atoms with Crippen LogP contribution in [0.1, 0.15) is 72.1 Å². The van der Waals surface area contributed by atoms with Gasteiger partial charge in [-0.3, -0.25) is 9.59 Å². The first-order chi connectivity index (χ1) is 12.5. The van der Waals surface area contributed by atoms with Gasteiger partial charge in [-0.25, -0.2) is 0 Å². The number of hydrogen-bond acceptors (Lipinski definition) is 3. The summed E-state index contributed by atoms with van der Waals surface area (Å²) in [4.78, 5) is 25.2. The molecule has 26 heavy (non-hydrogen) atoms. The predicted octanol–water partition coefficient (Wildman–Crippen LogP) is 5.46. The molecule has 0 N–H and O–H groups in total. The van der Waals surface area contributed by atoms with Gasteiger partial charge in [0.25, 0.3) is 0 Å². The fraction of sp³-hybridized carbons (Fsp3) is 0.826. The van der Waals surface area contributed by atoms with Crippen LogP contribution >= 0.6 is 11.8 Å². The monoisotopic (exact) mass is 374 g/mol. The summed E-state index contributed by atoms with van der Waals surface area (Å²) in [6, 6.07) is 0. The van der Waals surface area contributed by atoms with E-state index < -0.39 is 0 Å². The molecule has 0 aliphatic heterocycles. The molecule has 4 aliphatic rings. The maximum absolute atomic E-state index is 13.1. The van der Waals surface area contributed by atoms with Gasteiger partial charge < -0.3 is 0 Å². The van der Waals surface area contributed by atoms with Crippen molar-refractivity contribution in [2.75, 3.05) is 11.5 Å². The number of hydrogen-bond donors (Lipinski definition) is 0. The molecular formula is C23H34O2S. The van der Waals surface area contributed by atoms with Crippen LogP contribution in [0.3, 0.4) is 0 Å². The van der Waals surface area contributed by atoms with Crippen molar-refractivity contribution in [3.63, 3.8) is 0 Å². The highest BCUT2D eigenvalue weighted by Crippen LogP contribution is 2.66. The lowest BCUT2D eigenvalue weighted by atomic mass is 9.47. The van der Waals surface area contributed by atoms with Gasteiger partial charge >= 0.3 is 0 Å². The van der Waals surface area contributed by atoms with E-state index in [4.69, 9.17) is 0 Å². The van der Waals surface area contributed by atoms with Gasteiger partial charge in [0.05, 0.1) is 0 Å². The SMILES string of the molecule is CCSC[C@]12CCC(=O)C=C1CC[C@@H]1[C@@H]2CC[C@]2(C)C(=O)[C@@H](CC)C[C@@H]12. The predicted molar refractivity (Wildman–Crippen MR) is 108 cm³/mol. The number of carbonyl (C=O) groups is 2. The van der Waals surface area contributed by atoms with E-state index in [0.717, 1.165) is 44.3 Å². The number of carbonyl (C=O) groups excluding carboxylic acids is 2. The quantitative estimate of drug-likeness (QED) is 0.655. The van der Waals surface area contributed by atoms with Gasteiger partial charge in [0.1, 0.15) is 5.78 Å². The summed E-state index contributed by atoms with van der Waals surface area (Å²) in [6.45, 7) is 6.72. The Balaban J connectivity index is 1.70. The largest absolute Gasteiger partial charge is 0.299 e. The molecule has 0 aromatic heterocycles. The molecule has 4 rings (SSSR count). The van der Waals surface area contributed by atoms with E-state index in [1.54, 1.807) is 0 Å². The summed E-state index contributed by atoms with van der Waals surface area (Å²) in [6.07, 6.45) is 10.5. The van der Waals surface area contributed by atoms with Crippen molar-refractivity contribution in [1.82, 2.24) is 0 Å². The van der Waals surface area contributed by atoms with Gasteiger partial charge in [-0.15, -0.1) is 0 Å². The van der Waals surface area contributed by atoms with Crippen LogP contribution in [0.2, 0.25) is 0 Å². The molecule has 6 atom stereocenters. The Bertz CT molecular complexity index is 638. The van der Waals surface area contributed by atoms with Gasteiger partial charge in [0, 0.05) is 28.9 Å². The number of ketones is 2. The Morgan fingerprint density at radius 3 is 2.65 bits per heavy atom. The molecule has 3 saturated carbocycles. The topological polar surface area (TPSA) is 34.1 Å². The summed E-state index contributed by atoms with van der Waals surface area (Å²) in [5.41, 5.74) is 1.65. The zero-order valence-electron chi connectivity index (χ0n) is 16.7. The zero-order chi connectivity index (χ0) is 18.5. The molecule has 3 heteroatoms. The fourth-order valence-electron chi connectivity index (χ4n) is 7.21. The number of thioether (sulfide) groups is 1. The summed E-state index contributed by atoms with van der Waals surface area (Å²) in [5.74, 6) is 5.51. The third kappa shape index (κ3) is 2.59. The molecule has 0 aromatic carbocycles. The first-order valence-electron chi connectivity index (χ1n) is 10.8. The van der Waals surface area contributed by atoms with E-state index in [9.17, 15) is 9.59 Å². The first kappa shape index (κ1) is 18.8. The van der Waals surface area contributed by atoms with Crippen molar-refractivity contribution in [3.8, 4) is 0 Å². The maximum atomic E-state index is 13.1. The lowest BCUT2D eigenvalue weighted by Gasteiger charge is -2.58. The smallest absolute Gasteiger partial charge is 0.155 e. The average Bonchev–Trinajstić information content (AvgIpc) is 2.91. The Kier molecular flexibility index (Phi) is 4.91. The van der Waals surface area contributed by atoms with Crippen molar-refractivity contribution >= 4 is 23.3 Å². The maximum Gasteiger partial charge on any atom is 0.155 e. The summed E-state index contributed by atoms with van der Waals surface area (Å²) in [5, 5.41) is 0.